The van der Waals surface area contributed by atoms with E-state index < -0.39 is 0 Å². The van der Waals surface area contributed by atoms with Crippen LogP contribution in [0.25, 0.3) is 0 Å². The fourth-order valence-electron chi connectivity index (χ4n) is 1.53. The maximum absolute atomic E-state index is 11.7. The summed E-state index contributed by atoms with van der Waals surface area (Å²) < 4.78 is 1.49. The average Bonchev–Trinajstić information content (AvgIpc) is 2.53. The standard InChI is InChI=1S/C11H20N4O/c1-8(2)5-4-6-13-11(16)10-9(12)7-14-15(10)3/h7-8H,4-6,12H2,1-3H3,(H,13,16). The molecule has 1 aromatic rings. The van der Waals surface area contributed by atoms with Crippen LogP contribution >= 0.6 is 0 Å². The number of hydrogen-bond acceptors (Lipinski definition) is 3. The molecule has 0 aliphatic heterocycles. The van der Waals surface area contributed by atoms with Crippen molar-refractivity contribution in [2.24, 2.45) is 13.0 Å². The summed E-state index contributed by atoms with van der Waals surface area (Å²) in [6.45, 7) is 5.02. The normalized spacial score (nSPS) is 10.8. The van der Waals surface area contributed by atoms with Crippen molar-refractivity contribution in [3.63, 3.8) is 0 Å². The van der Waals surface area contributed by atoms with E-state index in [9.17, 15) is 4.79 Å². The van der Waals surface area contributed by atoms with Gasteiger partial charge in [-0.3, -0.25) is 9.48 Å². The molecule has 1 heterocycles. The van der Waals surface area contributed by atoms with Gasteiger partial charge in [-0.15, -0.1) is 0 Å². The number of amides is 1. The fraction of sp³-hybridized carbons (Fsp3) is 0.636. The number of nitrogens with zero attached hydrogens (tertiary/aromatic N) is 2. The Morgan fingerprint density at radius 2 is 2.31 bits per heavy atom. The predicted molar refractivity (Wildman–Crippen MR) is 64.0 cm³/mol. The molecule has 0 unspecified atom stereocenters. The summed E-state index contributed by atoms with van der Waals surface area (Å²) in [5.74, 6) is 0.514. The maximum Gasteiger partial charge on any atom is 0.271 e. The van der Waals surface area contributed by atoms with Crippen molar-refractivity contribution in [1.29, 1.82) is 0 Å². The Balaban J connectivity index is 2.41. The number of aryl methyl sites for hydroxylation is 1. The van der Waals surface area contributed by atoms with E-state index in [-0.39, 0.29) is 5.91 Å². The number of nitrogens with one attached hydrogen (secondary N) is 1. The van der Waals surface area contributed by atoms with Gasteiger partial charge in [0, 0.05) is 13.6 Å². The van der Waals surface area contributed by atoms with Crippen LogP contribution in [0, 0.1) is 5.92 Å². The average molecular weight is 224 g/mol. The van der Waals surface area contributed by atoms with Crippen LogP contribution < -0.4 is 11.1 Å². The third kappa shape index (κ3) is 3.25. The van der Waals surface area contributed by atoms with E-state index in [4.69, 9.17) is 5.73 Å². The third-order valence-electron chi connectivity index (χ3n) is 2.43. The highest BCUT2D eigenvalue weighted by atomic mass is 16.2. The van der Waals surface area contributed by atoms with Crippen LogP contribution in [0.3, 0.4) is 0 Å². The highest BCUT2D eigenvalue weighted by molar-refractivity contribution is 5.97. The minimum Gasteiger partial charge on any atom is -0.396 e. The molecule has 1 amide bonds. The molecule has 0 atom stereocenters. The molecule has 0 saturated carbocycles. The first kappa shape index (κ1) is 12.5. The van der Waals surface area contributed by atoms with E-state index in [1.807, 2.05) is 0 Å². The van der Waals surface area contributed by atoms with Crippen molar-refractivity contribution >= 4 is 11.6 Å². The number of rotatable bonds is 5. The quantitative estimate of drug-likeness (QED) is 0.737. The molecule has 5 nitrogen and oxygen atoms in total. The lowest BCUT2D eigenvalue weighted by atomic mass is 10.1. The van der Waals surface area contributed by atoms with E-state index in [0.29, 0.717) is 23.8 Å². The van der Waals surface area contributed by atoms with Gasteiger partial charge in [0.25, 0.3) is 5.91 Å². The lowest BCUT2D eigenvalue weighted by Crippen LogP contribution is -2.27. The van der Waals surface area contributed by atoms with E-state index in [1.165, 1.54) is 10.9 Å². The minimum atomic E-state index is -0.152. The molecule has 0 aliphatic rings. The molecule has 0 radical (unpaired) electrons. The molecule has 0 bridgehead atoms. The Morgan fingerprint density at radius 1 is 1.62 bits per heavy atom. The van der Waals surface area contributed by atoms with E-state index in [1.54, 1.807) is 7.05 Å². The Kier molecular flexibility index (Phi) is 4.34. The lowest BCUT2D eigenvalue weighted by Gasteiger charge is -2.07. The highest BCUT2D eigenvalue weighted by Gasteiger charge is 2.13. The van der Waals surface area contributed by atoms with Crippen LogP contribution in [0.5, 0.6) is 0 Å². The van der Waals surface area contributed by atoms with Gasteiger partial charge in [-0.1, -0.05) is 13.8 Å². The second-order valence-corrected chi connectivity index (χ2v) is 4.36. The summed E-state index contributed by atoms with van der Waals surface area (Å²) in [5.41, 5.74) is 6.51. The summed E-state index contributed by atoms with van der Waals surface area (Å²) in [5, 5.41) is 6.77. The molecule has 0 saturated heterocycles. The molecule has 0 aliphatic carbocycles. The van der Waals surface area contributed by atoms with Gasteiger partial charge in [-0.05, 0) is 18.8 Å². The van der Waals surface area contributed by atoms with Crippen LogP contribution in [0.2, 0.25) is 0 Å². The zero-order valence-electron chi connectivity index (χ0n) is 10.2. The summed E-state index contributed by atoms with van der Waals surface area (Å²) in [6, 6.07) is 0. The molecule has 1 rings (SSSR count). The third-order valence-corrected chi connectivity index (χ3v) is 2.43. The molecule has 16 heavy (non-hydrogen) atoms. The molecule has 3 N–H and O–H groups in total. The molecule has 5 heteroatoms. The van der Waals surface area contributed by atoms with E-state index in [2.05, 4.69) is 24.3 Å². The number of carbonyl (C=O) groups excluding carboxylic acids is 1. The van der Waals surface area contributed by atoms with Gasteiger partial charge in [0.2, 0.25) is 0 Å². The Bertz CT molecular complexity index is 337. The molecule has 0 spiro atoms. The monoisotopic (exact) mass is 224 g/mol. The van der Waals surface area contributed by atoms with Crippen LogP contribution in [0.15, 0.2) is 6.20 Å². The Labute approximate surface area is 96.0 Å². The van der Waals surface area contributed by atoms with Gasteiger partial charge < -0.3 is 11.1 Å². The molecular formula is C11H20N4O. The van der Waals surface area contributed by atoms with Gasteiger partial charge in [-0.25, -0.2) is 0 Å². The fourth-order valence-corrected chi connectivity index (χ4v) is 1.53. The lowest BCUT2D eigenvalue weighted by molar-refractivity contribution is 0.0944. The molecular weight excluding hydrogens is 204 g/mol. The van der Waals surface area contributed by atoms with E-state index in [0.717, 1.165) is 12.8 Å². The summed E-state index contributed by atoms with van der Waals surface area (Å²) in [4.78, 5) is 11.7. The SMILES string of the molecule is CC(C)CCCNC(=O)c1c(N)cnn1C. The van der Waals surface area contributed by atoms with Gasteiger partial charge in [0.05, 0.1) is 11.9 Å². The van der Waals surface area contributed by atoms with Gasteiger partial charge in [0.15, 0.2) is 0 Å². The minimum absolute atomic E-state index is 0.152. The van der Waals surface area contributed by atoms with Crippen molar-refractivity contribution in [2.75, 3.05) is 12.3 Å². The van der Waals surface area contributed by atoms with E-state index >= 15 is 0 Å². The van der Waals surface area contributed by atoms with Crippen LogP contribution in [0.1, 0.15) is 37.2 Å². The topological polar surface area (TPSA) is 72.9 Å². The number of anilines is 1. The summed E-state index contributed by atoms with van der Waals surface area (Å²) in [6.07, 6.45) is 3.59. The highest BCUT2D eigenvalue weighted by Crippen LogP contribution is 2.09. The second-order valence-electron chi connectivity index (χ2n) is 4.36. The number of nitrogen functional groups attached to an aromatic ring is 1. The molecule has 90 valence electrons. The first-order valence-corrected chi connectivity index (χ1v) is 5.58. The van der Waals surface area contributed by atoms with Crippen molar-refractivity contribution in [1.82, 2.24) is 15.1 Å². The first-order valence-electron chi connectivity index (χ1n) is 5.58. The predicted octanol–water partition coefficient (Wildman–Crippen LogP) is 1.17. The largest absolute Gasteiger partial charge is 0.396 e. The Morgan fingerprint density at radius 3 is 2.81 bits per heavy atom. The van der Waals surface area contributed by atoms with Gasteiger partial charge >= 0.3 is 0 Å². The van der Waals surface area contributed by atoms with Crippen molar-refractivity contribution in [3.8, 4) is 0 Å². The molecule has 0 fully saturated rings. The molecule has 0 aromatic carbocycles. The van der Waals surface area contributed by atoms with Crippen molar-refractivity contribution < 1.29 is 4.79 Å². The number of carbonyl (C=O) groups is 1. The summed E-state index contributed by atoms with van der Waals surface area (Å²) in [7, 11) is 1.71. The zero-order chi connectivity index (χ0) is 12.1. The van der Waals surface area contributed by atoms with Crippen molar-refractivity contribution in [3.05, 3.63) is 11.9 Å². The molecule has 1 aromatic heterocycles. The zero-order valence-corrected chi connectivity index (χ0v) is 10.2. The first-order chi connectivity index (χ1) is 7.52. The van der Waals surface area contributed by atoms with Crippen LogP contribution in [-0.2, 0) is 7.05 Å². The smallest absolute Gasteiger partial charge is 0.271 e. The van der Waals surface area contributed by atoms with Crippen molar-refractivity contribution in [2.45, 2.75) is 26.7 Å². The Hall–Kier alpha value is -1.52. The number of nitrogens with two attached hydrogens (primary N) is 1. The maximum atomic E-state index is 11.7. The van der Waals surface area contributed by atoms with Crippen LogP contribution in [0.4, 0.5) is 5.69 Å². The summed E-state index contributed by atoms with van der Waals surface area (Å²) >= 11 is 0. The van der Waals surface area contributed by atoms with Gasteiger partial charge in [0.1, 0.15) is 5.69 Å². The second kappa shape index (κ2) is 5.53. The number of hydrogen-bond donors (Lipinski definition) is 2. The van der Waals surface area contributed by atoms with Crippen LogP contribution in [-0.4, -0.2) is 22.2 Å². The number of aromatic nitrogens is 2. The van der Waals surface area contributed by atoms with Gasteiger partial charge in [-0.2, -0.15) is 5.10 Å².